The molecule has 4 heterocycles. The zero-order valence-electron chi connectivity index (χ0n) is 18.3. The minimum Gasteiger partial charge on any atom is -0.333 e. The van der Waals surface area contributed by atoms with Crippen LogP contribution in [0.15, 0.2) is 29.3 Å². The summed E-state index contributed by atoms with van der Waals surface area (Å²) >= 11 is 0. The van der Waals surface area contributed by atoms with Crippen LogP contribution in [0.5, 0.6) is 0 Å². The summed E-state index contributed by atoms with van der Waals surface area (Å²) < 4.78 is 0. The summed E-state index contributed by atoms with van der Waals surface area (Å²) in [4.78, 5) is 54.1. The zero-order valence-corrected chi connectivity index (χ0v) is 18.3. The van der Waals surface area contributed by atoms with E-state index in [1.54, 1.807) is 29.4 Å². The lowest BCUT2D eigenvalue weighted by atomic mass is 10.0. The second-order valence-corrected chi connectivity index (χ2v) is 9.19. The number of hydrogen-bond donors (Lipinski definition) is 1. The maximum absolute atomic E-state index is 13.0. The summed E-state index contributed by atoms with van der Waals surface area (Å²) in [6, 6.07) is 3.20. The average molecular weight is 436 g/mol. The van der Waals surface area contributed by atoms with E-state index in [0.717, 1.165) is 25.7 Å². The third-order valence-electron chi connectivity index (χ3n) is 7.13. The van der Waals surface area contributed by atoms with Crippen molar-refractivity contribution in [3.8, 4) is 0 Å². The van der Waals surface area contributed by atoms with E-state index in [4.69, 9.17) is 4.98 Å². The number of hydrogen-bond acceptors (Lipinski definition) is 5. The number of carbonyl (C=O) groups is 2. The monoisotopic (exact) mass is 435 g/mol. The van der Waals surface area contributed by atoms with Crippen molar-refractivity contribution in [3.05, 3.63) is 57.5 Å². The molecule has 1 N–H and O–H groups in total. The van der Waals surface area contributed by atoms with Gasteiger partial charge in [0.25, 0.3) is 11.5 Å². The molecule has 0 bridgehead atoms. The van der Waals surface area contributed by atoms with Crippen molar-refractivity contribution in [3.63, 3.8) is 0 Å². The topological polar surface area (TPSA) is 99.3 Å². The van der Waals surface area contributed by atoms with Gasteiger partial charge in [0, 0.05) is 43.0 Å². The predicted molar refractivity (Wildman–Crippen MR) is 118 cm³/mol. The van der Waals surface area contributed by atoms with Crippen molar-refractivity contribution < 1.29 is 9.59 Å². The normalized spacial score (nSPS) is 21.1. The quantitative estimate of drug-likeness (QED) is 0.796. The summed E-state index contributed by atoms with van der Waals surface area (Å²) in [7, 11) is 0. The van der Waals surface area contributed by atoms with Crippen molar-refractivity contribution in [2.45, 2.75) is 64.0 Å². The van der Waals surface area contributed by atoms with Crippen molar-refractivity contribution in [1.82, 2.24) is 24.8 Å². The molecule has 0 aromatic carbocycles. The molecule has 8 heteroatoms. The number of nitrogens with one attached hydrogen (secondary N) is 1. The van der Waals surface area contributed by atoms with Crippen LogP contribution < -0.4 is 5.56 Å². The van der Waals surface area contributed by atoms with Crippen LogP contribution in [-0.4, -0.2) is 49.7 Å². The van der Waals surface area contributed by atoms with Crippen LogP contribution in [0.4, 0.5) is 0 Å². The summed E-state index contributed by atoms with van der Waals surface area (Å²) in [5.74, 6) is 1.14. The van der Waals surface area contributed by atoms with Gasteiger partial charge in [-0.3, -0.25) is 19.4 Å². The van der Waals surface area contributed by atoms with E-state index in [2.05, 4.69) is 9.97 Å². The third-order valence-corrected chi connectivity index (χ3v) is 7.13. The van der Waals surface area contributed by atoms with Crippen LogP contribution in [-0.2, 0) is 17.8 Å². The molecular formula is C24H29N5O3. The van der Waals surface area contributed by atoms with Crippen LogP contribution in [0.2, 0.25) is 0 Å². The second kappa shape index (κ2) is 8.84. The molecule has 0 spiro atoms. The van der Waals surface area contributed by atoms with Gasteiger partial charge in [-0.2, -0.15) is 0 Å². The highest BCUT2D eigenvalue weighted by Gasteiger charge is 2.34. The van der Waals surface area contributed by atoms with Gasteiger partial charge in [0.2, 0.25) is 5.91 Å². The Labute approximate surface area is 187 Å². The van der Waals surface area contributed by atoms with Crippen LogP contribution in [0.3, 0.4) is 0 Å². The largest absolute Gasteiger partial charge is 0.333 e. The van der Waals surface area contributed by atoms with Crippen molar-refractivity contribution in [2.24, 2.45) is 5.92 Å². The van der Waals surface area contributed by atoms with Gasteiger partial charge in [-0.05, 0) is 50.2 Å². The fraction of sp³-hybridized carbons (Fsp3) is 0.542. The number of H-pyrrole nitrogens is 1. The average Bonchev–Trinajstić information content (AvgIpc) is 3.51. The predicted octanol–water partition coefficient (Wildman–Crippen LogP) is 2.61. The molecule has 3 aliphatic rings. The maximum Gasteiger partial charge on any atom is 0.254 e. The number of nitrogens with zero attached hydrogens (tertiary/aromatic N) is 4. The Hall–Kier alpha value is -3.03. The number of fused-ring (bicyclic) bond motifs is 1. The van der Waals surface area contributed by atoms with Gasteiger partial charge in [-0.25, -0.2) is 4.98 Å². The number of pyridine rings is 1. The van der Waals surface area contributed by atoms with E-state index < -0.39 is 0 Å². The molecule has 2 aliphatic heterocycles. The SMILES string of the molecule is O=C(c1ccncc1)N1CCc2c(nc(C3CCCN3C(=O)CC3CCCC3)[nH]c2=O)C1. The van der Waals surface area contributed by atoms with E-state index >= 15 is 0 Å². The van der Waals surface area contributed by atoms with Crippen LogP contribution >= 0.6 is 0 Å². The van der Waals surface area contributed by atoms with Crippen molar-refractivity contribution >= 4 is 11.8 Å². The minimum absolute atomic E-state index is 0.0871. The molecule has 1 atom stereocenters. The van der Waals surface area contributed by atoms with Crippen molar-refractivity contribution in [1.29, 1.82) is 0 Å². The number of carbonyl (C=O) groups excluding carboxylic acids is 2. The molecule has 1 saturated heterocycles. The van der Waals surface area contributed by atoms with E-state index in [1.165, 1.54) is 12.8 Å². The first-order chi connectivity index (χ1) is 15.6. The number of aromatic amines is 1. The molecule has 2 aromatic rings. The molecule has 5 rings (SSSR count). The van der Waals surface area contributed by atoms with Gasteiger partial charge in [0.15, 0.2) is 0 Å². The number of rotatable bonds is 4. The van der Waals surface area contributed by atoms with Gasteiger partial charge in [-0.1, -0.05) is 12.8 Å². The third kappa shape index (κ3) is 4.06. The van der Waals surface area contributed by atoms with Gasteiger partial charge in [0.05, 0.1) is 18.3 Å². The molecule has 0 radical (unpaired) electrons. The van der Waals surface area contributed by atoms with Gasteiger partial charge in [-0.15, -0.1) is 0 Å². The maximum atomic E-state index is 13.0. The van der Waals surface area contributed by atoms with E-state index in [9.17, 15) is 14.4 Å². The lowest BCUT2D eigenvalue weighted by molar-refractivity contribution is -0.133. The van der Waals surface area contributed by atoms with Gasteiger partial charge < -0.3 is 14.8 Å². The Bertz CT molecular complexity index is 1060. The molecule has 168 valence electrons. The molecule has 1 unspecified atom stereocenters. The standard InChI is InChI=1S/C24H29N5O3/c30-21(14-16-4-1-2-5-16)29-12-3-6-20(29)22-26-19-15-28(13-9-18(19)23(31)27-22)24(32)17-7-10-25-11-8-17/h7-8,10-11,16,20H,1-6,9,12-15H2,(H,26,27,31). The van der Waals surface area contributed by atoms with Crippen molar-refractivity contribution in [2.75, 3.05) is 13.1 Å². The molecular weight excluding hydrogens is 406 g/mol. The minimum atomic E-state index is -0.187. The van der Waals surface area contributed by atoms with Crippen LogP contribution in [0.25, 0.3) is 0 Å². The summed E-state index contributed by atoms with van der Waals surface area (Å²) in [5.41, 5.74) is 1.73. The Morgan fingerprint density at radius 3 is 2.62 bits per heavy atom. The number of likely N-dealkylation sites (tertiary alicyclic amines) is 1. The van der Waals surface area contributed by atoms with Gasteiger partial charge >= 0.3 is 0 Å². The molecule has 8 nitrogen and oxygen atoms in total. The lowest BCUT2D eigenvalue weighted by Crippen LogP contribution is -2.40. The van der Waals surface area contributed by atoms with Gasteiger partial charge in [0.1, 0.15) is 5.82 Å². The first kappa shape index (κ1) is 20.8. The highest BCUT2D eigenvalue weighted by Crippen LogP contribution is 2.34. The van der Waals surface area contributed by atoms with E-state index in [-0.39, 0.29) is 23.4 Å². The summed E-state index contributed by atoms with van der Waals surface area (Å²) in [6.07, 6.45) is 10.7. The molecule has 2 amide bonds. The van der Waals surface area contributed by atoms with Crippen LogP contribution in [0.1, 0.15) is 78.4 Å². The molecule has 2 fully saturated rings. The molecule has 2 aromatic heterocycles. The number of aromatic nitrogens is 3. The Balaban J connectivity index is 1.36. The summed E-state index contributed by atoms with van der Waals surface area (Å²) in [5, 5.41) is 0. The zero-order chi connectivity index (χ0) is 22.1. The molecule has 1 saturated carbocycles. The molecule has 1 aliphatic carbocycles. The Morgan fingerprint density at radius 1 is 1.06 bits per heavy atom. The fourth-order valence-corrected chi connectivity index (χ4v) is 5.40. The highest BCUT2D eigenvalue weighted by molar-refractivity contribution is 5.94. The van der Waals surface area contributed by atoms with E-state index in [0.29, 0.717) is 61.0 Å². The highest BCUT2D eigenvalue weighted by atomic mass is 16.2. The lowest BCUT2D eigenvalue weighted by Gasteiger charge is -2.29. The summed E-state index contributed by atoms with van der Waals surface area (Å²) in [6.45, 7) is 1.49. The number of amides is 2. The fourth-order valence-electron chi connectivity index (χ4n) is 5.40. The second-order valence-electron chi connectivity index (χ2n) is 9.19. The first-order valence-corrected chi connectivity index (χ1v) is 11.7. The van der Waals surface area contributed by atoms with Crippen LogP contribution in [0, 0.1) is 5.92 Å². The smallest absolute Gasteiger partial charge is 0.254 e. The molecule has 32 heavy (non-hydrogen) atoms. The first-order valence-electron chi connectivity index (χ1n) is 11.7. The Kier molecular flexibility index (Phi) is 5.76. The Morgan fingerprint density at radius 2 is 1.84 bits per heavy atom. The van der Waals surface area contributed by atoms with E-state index in [1.807, 2.05) is 4.90 Å².